The third-order valence-corrected chi connectivity index (χ3v) is 6.00. The lowest BCUT2D eigenvalue weighted by molar-refractivity contribution is 0.683. The van der Waals surface area contributed by atoms with Gasteiger partial charge >= 0.3 is 0 Å². The van der Waals surface area contributed by atoms with E-state index in [-0.39, 0.29) is 0 Å². The van der Waals surface area contributed by atoms with Crippen LogP contribution in [0.15, 0.2) is 51.5 Å². The second kappa shape index (κ2) is 5.73. The predicted octanol–water partition coefficient (Wildman–Crippen LogP) is 3.57. The third kappa shape index (κ3) is 2.97. The predicted molar refractivity (Wildman–Crippen MR) is 79.8 cm³/mol. The lowest BCUT2D eigenvalue weighted by Crippen LogP contribution is -1.94. The van der Waals surface area contributed by atoms with Crippen LogP contribution in [0.25, 0.3) is 10.7 Å². The van der Waals surface area contributed by atoms with Crippen LogP contribution < -0.4 is 0 Å². The highest BCUT2D eigenvalue weighted by atomic mass is 32.2. The molecule has 3 aromatic rings. The first-order valence-corrected chi connectivity index (χ1v) is 8.68. The van der Waals surface area contributed by atoms with Crippen LogP contribution >= 0.6 is 22.7 Å². The maximum Gasteiger partial charge on any atom is 0.142 e. The molecule has 0 spiro atoms. The molecule has 6 heteroatoms. The standard InChI is InChI=1S/C13H10N2OS3/c16-19(12-5-3-7-17-12)9-10-8-18-13(15-10)11-4-1-2-6-14-11/h1-8H,9H2/t19-/m1/s1. The smallest absolute Gasteiger partial charge is 0.142 e. The van der Waals surface area contributed by atoms with E-state index in [2.05, 4.69) is 9.97 Å². The van der Waals surface area contributed by atoms with E-state index in [1.807, 2.05) is 41.1 Å². The highest BCUT2D eigenvalue weighted by molar-refractivity contribution is 7.86. The zero-order valence-corrected chi connectivity index (χ0v) is 12.3. The summed E-state index contributed by atoms with van der Waals surface area (Å²) < 4.78 is 13.0. The van der Waals surface area contributed by atoms with Crippen molar-refractivity contribution in [2.45, 2.75) is 9.96 Å². The maximum atomic E-state index is 12.1. The molecule has 3 heterocycles. The molecule has 0 aromatic carbocycles. The molecule has 0 aliphatic carbocycles. The minimum atomic E-state index is -1.00. The van der Waals surface area contributed by atoms with Gasteiger partial charge in [-0.1, -0.05) is 12.1 Å². The van der Waals surface area contributed by atoms with Crippen LogP contribution in [0.4, 0.5) is 0 Å². The molecule has 0 amide bonds. The van der Waals surface area contributed by atoms with Gasteiger partial charge in [-0.25, -0.2) is 4.98 Å². The fourth-order valence-corrected chi connectivity index (χ4v) is 4.49. The highest BCUT2D eigenvalue weighted by Gasteiger charge is 2.10. The largest absolute Gasteiger partial charge is 0.254 e. The molecule has 0 aliphatic rings. The Hall–Kier alpha value is -1.37. The molecule has 0 fully saturated rings. The highest BCUT2D eigenvalue weighted by Crippen LogP contribution is 2.23. The maximum absolute atomic E-state index is 12.1. The van der Waals surface area contributed by atoms with E-state index in [1.165, 1.54) is 22.7 Å². The van der Waals surface area contributed by atoms with Crippen LogP contribution in [0, 0.1) is 0 Å². The third-order valence-electron chi connectivity index (χ3n) is 2.43. The first-order chi connectivity index (χ1) is 9.33. The molecule has 19 heavy (non-hydrogen) atoms. The summed E-state index contributed by atoms with van der Waals surface area (Å²) in [5, 5.41) is 4.77. The van der Waals surface area contributed by atoms with Gasteiger partial charge in [-0.05, 0) is 23.6 Å². The van der Waals surface area contributed by atoms with E-state index in [0.29, 0.717) is 5.75 Å². The summed E-state index contributed by atoms with van der Waals surface area (Å²) in [6.07, 6.45) is 1.75. The van der Waals surface area contributed by atoms with E-state index >= 15 is 0 Å². The molecule has 0 saturated carbocycles. The van der Waals surface area contributed by atoms with Gasteiger partial charge in [0.25, 0.3) is 0 Å². The summed E-state index contributed by atoms with van der Waals surface area (Å²) in [6.45, 7) is 0. The summed E-state index contributed by atoms with van der Waals surface area (Å²) >= 11 is 3.05. The first kappa shape index (κ1) is 12.7. The first-order valence-electron chi connectivity index (χ1n) is 5.60. The number of thiophene rings is 1. The van der Waals surface area contributed by atoms with Crippen LogP contribution in [0.2, 0.25) is 0 Å². The van der Waals surface area contributed by atoms with E-state index in [4.69, 9.17) is 0 Å². The van der Waals surface area contributed by atoms with Crippen molar-refractivity contribution in [3.05, 3.63) is 53.0 Å². The Kier molecular flexibility index (Phi) is 3.82. The molecule has 0 saturated heterocycles. The van der Waals surface area contributed by atoms with Gasteiger partial charge in [0.05, 0.1) is 32.1 Å². The molecule has 0 unspecified atom stereocenters. The van der Waals surface area contributed by atoms with Crippen molar-refractivity contribution < 1.29 is 4.21 Å². The fraction of sp³-hybridized carbons (Fsp3) is 0.0769. The fourth-order valence-electron chi connectivity index (χ4n) is 1.58. The average Bonchev–Trinajstić information content (AvgIpc) is 3.11. The summed E-state index contributed by atoms with van der Waals surface area (Å²) in [4.78, 5) is 8.76. The number of hydrogen-bond acceptors (Lipinski definition) is 5. The van der Waals surface area contributed by atoms with Crippen LogP contribution in [0.3, 0.4) is 0 Å². The Morgan fingerprint density at radius 2 is 2.11 bits per heavy atom. The van der Waals surface area contributed by atoms with E-state index in [1.54, 1.807) is 6.20 Å². The van der Waals surface area contributed by atoms with E-state index < -0.39 is 10.8 Å². The molecule has 96 valence electrons. The van der Waals surface area contributed by atoms with Gasteiger partial charge in [-0.2, -0.15) is 0 Å². The van der Waals surface area contributed by atoms with Gasteiger partial charge in [0.15, 0.2) is 0 Å². The van der Waals surface area contributed by atoms with Gasteiger partial charge in [0.2, 0.25) is 0 Å². The summed E-state index contributed by atoms with van der Waals surface area (Å²) in [5.41, 5.74) is 1.72. The van der Waals surface area contributed by atoms with Crippen LogP contribution in [0.1, 0.15) is 5.69 Å². The number of hydrogen-bond donors (Lipinski definition) is 0. The van der Waals surface area contributed by atoms with Crippen molar-refractivity contribution in [2.75, 3.05) is 0 Å². The topological polar surface area (TPSA) is 42.9 Å². The monoisotopic (exact) mass is 306 g/mol. The Morgan fingerprint density at radius 3 is 2.84 bits per heavy atom. The zero-order valence-electron chi connectivity index (χ0n) is 9.85. The van der Waals surface area contributed by atoms with Gasteiger partial charge < -0.3 is 0 Å². The Morgan fingerprint density at radius 1 is 1.16 bits per heavy atom. The Bertz CT molecular complexity index is 677. The van der Waals surface area contributed by atoms with E-state index in [0.717, 1.165) is 20.6 Å². The number of nitrogens with zero attached hydrogens (tertiary/aromatic N) is 2. The molecule has 0 aliphatic heterocycles. The van der Waals surface area contributed by atoms with E-state index in [9.17, 15) is 4.21 Å². The molecule has 3 aromatic heterocycles. The number of pyridine rings is 1. The molecule has 0 radical (unpaired) electrons. The van der Waals surface area contributed by atoms with Crippen LogP contribution in [-0.4, -0.2) is 14.2 Å². The van der Waals surface area contributed by atoms with Crippen LogP contribution in [-0.2, 0) is 16.6 Å². The minimum Gasteiger partial charge on any atom is -0.254 e. The Labute approximate surface area is 121 Å². The molecule has 0 N–H and O–H groups in total. The Balaban J connectivity index is 1.77. The van der Waals surface area contributed by atoms with Crippen molar-refractivity contribution in [1.29, 1.82) is 0 Å². The molecule has 3 nitrogen and oxygen atoms in total. The van der Waals surface area contributed by atoms with Crippen LogP contribution in [0.5, 0.6) is 0 Å². The lowest BCUT2D eigenvalue weighted by atomic mass is 10.4. The van der Waals surface area contributed by atoms with Gasteiger partial charge in [0, 0.05) is 11.6 Å². The molecule has 3 rings (SSSR count). The zero-order chi connectivity index (χ0) is 13.1. The average molecular weight is 306 g/mol. The second-order valence-electron chi connectivity index (χ2n) is 3.78. The van der Waals surface area contributed by atoms with Crippen molar-refractivity contribution in [3.8, 4) is 10.7 Å². The number of thiazole rings is 1. The van der Waals surface area contributed by atoms with Gasteiger partial charge in [-0.15, -0.1) is 22.7 Å². The number of rotatable bonds is 4. The summed E-state index contributed by atoms with van der Waals surface area (Å²) in [7, 11) is -1.00. The molecule has 1 atom stereocenters. The molecular formula is C13H10N2OS3. The normalized spacial score (nSPS) is 12.4. The number of aromatic nitrogens is 2. The SMILES string of the molecule is O=[S@](Cc1csc(-c2ccccn2)n1)c1cccs1. The second-order valence-corrected chi connectivity index (χ2v) is 7.26. The summed E-state index contributed by atoms with van der Waals surface area (Å²) in [5.74, 6) is 0.462. The van der Waals surface area contributed by atoms with Crippen molar-refractivity contribution in [3.63, 3.8) is 0 Å². The van der Waals surface area contributed by atoms with Crippen molar-refractivity contribution >= 4 is 33.5 Å². The van der Waals surface area contributed by atoms with Gasteiger partial charge in [0.1, 0.15) is 5.01 Å². The van der Waals surface area contributed by atoms with Crippen molar-refractivity contribution in [1.82, 2.24) is 9.97 Å². The lowest BCUT2D eigenvalue weighted by Gasteiger charge is -1.96. The minimum absolute atomic E-state index is 0.462. The molecule has 0 bridgehead atoms. The molecular weight excluding hydrogens is 296 g/mol. The quantitative estimate of drug-likeness (QED) is 0.740. The summed E-state index contributed by atoms with van der Waals surface area (Å²) in [6, 6.07) is 9.56. The van der Waals surface area contributed by atoms with Crippen molar-refractivity contribution in [2.24, 2.45) is 0 Å². The van der Waals surface area contributed by atoms with Gasteiger partial charge in [-0.3, -0.25) is 9.19 Å².